The van der Waals surface area contributed by atoms with Crippen LogP contribution in [0.4, 0.5) is 0 Å². The van der Waals surface area contributed by atoms with Gasteiger partial charge in [-0.3, -0.25) is 0 Å². The summed E-state index contributed by atoms with van der Waals surface area (Å²) in [6.07, 6.45) is 5.48. The van der Waals surface area contributed by atoms with Crippen LogP contribution in [0, 0.1) is 16.7 Å². The molecule has 0 radical (unpaired) electrons. The standard InChI is InChI=1S/C17H31NO2/c1-4-14-15(5-6-16(14,2)3)17(11-18)8-12(10-19)7-13(20)9-17/h12-13,19-20H,4-11,18H2,1-3H3/t12-,13+,17+/m0/s1. The Balaban J connectivity index is 2.40. The van der Waals surface area contributed by atoms with Gasteiger partial charge in [-0.05, 0) is 49.9 Å². The summed E-state index contributed by atoms with van der Waals surface area (Å²) in [4.78, 5) is 0. The molecule has 20 heavy (non-hydrogen) atoms. The Morgan fingerprint density at radius 1 is 1.30 bits per heavy atom. The van der Waals surface area contributed by atoms with E-state index in [1.807, 2.05) is 0 Å². The molecular formula is C17H31NO2. The Morgan fingerprint density at radius 2 is 2.00 bits per heavy atom. The van der Waals surface area contributed by atoms with E-state index in [4.69, 9.17) is 5.73 Å². The lowest BCUT2D eigenvalue weighted by Gasteiger charge is -2.44. The number of hydrogen-bond donors (Lipinski definition) is 3. The summed E-state index contributed by atoms with van der Waals surface area (Å²) < 4.78 is 0. The fraction of sp³-hybridized carbons (Fsp3) is 0.882. The molecule has 0 aromatic heterocycles. The van der Waals surface area contributed by atoms with Crippen molar-refractivity contribution in [2.45, 2.75) is 65.4 Å². The number of aliphatic hydroxyl groups excluding tert-OH is 2. The van der Waals surface area contributed by atoms with Crippen LogP contribution in [0.15, 0.2) is 11.1 Å². The van der Waals surface area contributed by atoms with E-state index in [9.17, 15) is 10.2 Å². The second-order valence-electron chi connectivity index (χ2n) is 7.53. The van der Waals surface area contributed by atoms with E-state index in [2.05, 4.69) is 20.8 Å². The van der Waals surface area contributed by atoms with Crippen molar-refractivity contribution >= 4 is 0 Å². The van der Waals surface area contributed by atoms with Gasteiger partial charge in [0.05, 0.1) is 6.10 Å². The van der Waals surface area contributed by atoms with Gasteiger partial charge in [0.15, 0.2) is 0 Å². The molecular weight excluding hydrogens is 250 g/mol. The van der Waals surface area contributed by atoms with Crippen molar-refractivity contribution in [3.05, 3.63) is 11.1 Å². The van der Waals surface area contributed by atoms with Crippen molar-refractivity contribution < 1.29 is 10.2 Å². The van der Waals surface area contributed by atoms with Crippen LogP contribution in [0.2, 0.25) is 0 Å². The fourth-order valence-electron chi connectivity index (χ4n) is 4.74. The molecule has 0 heterocycles. The van der Waals surface area contributed by atoms with Gasteiger partial charge in [-0.15, -0.1) is 0 Å². The smallest absolute Gasteiger partial charge is 0.0552 e. The zero-order valence-corrected chi connectivity index (χ0v) is 13.3. The summed E-state index contributed by atoms with van der Waals surface area (Å²) in [5.41, 5.74) is 9.42. The predicted molar refractivity (Wildman–Crippen MR) is 82.3 cm³/mol. The molecule has 1 fully saturated rings. The normalized spacial score (nSPS) is 37.5. The summed E-state index contributed by atoms with van der Waals surface area (Å²) in [6, 6.07) is 0. The van der Waals surface area contributed by atoms with Gasteiger partial charge in [-0.2, -0.15) is 0 Å². The van der Waals surface area contributed by atoms with Crippen molar-refractivity contribution in [3.63, 3.8) is 0 Å². The van der Waals surface area contributed by atoms with Gasteiger partial charge in [-0.1, -0.05) is 31.9 Å². The monoisotopic (exact) mass is 281 g/mol. The molecule has 0 aliphatic heterocycles. The largest absolute Gasteiger partial charge is 0.396 e. The molecule has 3 atom stereocenters. The minimum Gasteiger partial charge on any atom is -0.396 e. The maximum Gasteiger partial charge on any atom is 0.0552 e. The molecule has 0 bridgehead atoms. The molecule has 0 amide bonds. The summed E-state index contributed by atoms with van der Waals surface area (Å²) in [5.74, 6) is 0.191. The highest BCUT2D eigenvalue weighted by Crippen LogP contribution is 2.55. The topological polar surface area (TPSA) is 66.5 Å². The number of allylic oxidation sites excluding steroid dienone is 1. The van der Waals surface area contributed by atoms with Crippen LogP contribution in [-0.4, -0.2) is 29.5 Å². The Hall–Kier alpha value is -0.380. The minimum absolute atomic E-state index is 0.0792. The molecule has 0 unspecified atom stereocenters. The first kappa shape index (κ1) is 16.0. The Bertz CT molecular complexity index is 388. The van der Waals surface area contributed by atoms with E-state index in [-0.39, 0.29) is 29.5 Å². The molecule has 0 aromatic carbocycles. The van der Waals surface area contributed by atoms with Crippen LogP contribution < -0.4 is 5.73 Å². The predicted octanol–water partition coefficient (Wildman–Crippen LogP) is 2.61. The molecule has 0 aromatic rings. The van der Waals surface area contributed by atoms with Gasteiger partial charge in [0.2, 0.25) is 0 Å². The molecule has 116 valence electrons. The quantitative estimate of drug-likeness (QED) is 0.694. The van der Waals surface area contributed by atoms with E-state index >= 15 is 0 Å². The van der Waals surface area contributed by atoms with E-state index in [0.29, 0.717) is 6.54 Å². The zero-order chi connectivity index (χ0) is 15.0. The van der Waals surface area contributed by atoms with E-state index < -0.39 is 0 Å². The fourth-order valence-corrected chi connectivity index (χ4v) is 4.74. The van der Waals surface area contributed by atoms with Gasteiger partial charge < -0.3 is 15.9 Å². The van der Waals surface area contributed by atoms with E-state index in [1.54, 1.807) is 5.57 Å². The highest BCUT2D eigenvalue weighted by atomic mass is 16.3. The minimum atomic E-state index is -0.321. The second-order valence-corrected chi connectivity index (χ2v) is 7.53. The van der Waals surface area contributed by atoms with Crippen LogP contribution in [0.1, 0.15) is 59.3 Å². The number of rotatable bonds is 4. The molecule has 2 rings (SSSR count). The lowest BCUT2D eigenvalue weighted by molar-refractivity contribution is 0.0172. The molecule has 0 saturated heterocycles. The molecule has 4 N–H and O–H groups in total. The van der Waals surface area contributed by atoms with Gasteiger partial charge in [0.1, 0.15) is 0 Å². The number of aliphatic hydroxyl groups is 2. The second kappa shape index (κ2) is 5.78. The first-order chi connectivity index (χ1) is 9.38. The highest BCUT2D eigenvalue weighted by Gasteiger charge is 2.46. The van der Waals surface area contributed by atoms with Crippen molar-refractivity contribution in [2.24, 2.45) is 22.5 Å². The van der Waals surface area contributed by atoms with E-state index in [0.717, 1.165) is 32.1 Å². The van der Waals surface area contributed by atoms with Gasteiger partial charge in [0, 0.05) is 18.6 Å². The molecule has 3 nitrogen and oxygen atoms in total. The molecule has 3 heteroatoms. The van der Waals surface area contributed by atoms with Crippen LogP contribution in [0.5, 0.6) is 0 Å². The average molecular weight is 281 g/mol. The first-order valence-electron chi connectivity index (χ1n) is 8.10. The zero-order valence-electron chi connectivity index (χ0n) is 13.3. The third-order valence-electron chi connectivity index (χ3n) is 5.74. The van der Waals surface area contributed by atoms with Crippen LogP contribution >= 0.6 is 0 Å². The number of hydrogen-bond acceptors (Lipinski definition) is 3. The molecule has 2 aliphatic rings. The highest BCUT2D eigenvalue weighted by molar-refractivity contribution is 5.33. The lowest BCUT2D eigenvalue weighted by atomic mass is 9.63. The maximum absolute atomic E-state index is 10.2. The molecule has 0 spiro atoms. The summed E-state index contributed by atoms with van der Waals surface area (Å²) >= 11 is 0. The lowest BCUT2D eigenvalue weighted by Crippen LogP contribution is -2.43. The van der Waals surface area contributed by atoms with Crippen molar-refractivity contribution in [3.8, 4) is 0 Å². The van der Waals surface area contributed by atoms with Crippen molar-refractivity contribution in [1.29, 1.82) is 0 Å². The van der Waals surface area contributed by atoms with Gasteiger partial charge >= 0.3 is 0 Å². The Labute approximate surface area is 123 Å². The number of nitrogens with two attached hydrogens (primary N) is 1. The van der Waals surface area contributed by atoms with E-state index in [1.165, 1.54) is 12.0 Å². The van der Waals surface area contributed by atoms with Crippen LogP contribution in [0.3, 0.4) is 0 Å². The maximum atomic E-state index is 10.2. The SMILES string of the molecule is CCC1=C([C@@]2(CN)C[C@H](O)C[C@H](CO)C2)CCC1(C)C. The van der Waals surface area contributed by atoms with Gasteiger partial charge in [0.25, 0.3) is 0 Å². The van der Waals surface area contributed by atoms with Crippen molar-refractivity contribution in [1.82, 2.24) is 0 Å². The van der Waals surface area contributed by atoms with Crippen LogP contribution in [0.25, 0.3) is 0 Å². The third-order valence-corrected chi connectivity index (χ3v) is 5.74. The molecule has 2 aliphatic carbocycles. The van der Waals surface area contributed by atoms with Crippen molar-refractivity contribution in [2.75, 3.05) is 13.2 Å². The Kier molecular flexibility index (Phi) is 4.63. The average Bonchev–Trinajstić information content (AvgIpc) is 2.73. The summed E-state index contributed by atoms with van der Waals surface area (Å²) in [5, 5.41) is 19.8. The first-order valence-corrected chi connectivity index (χ1v) is 8.10. The summed E-state index contributed by atoms with van der Waals surface area (Å²) in [6.45, 7) is 7.64. The molecule has 1 saturated carbocycles. The third kappa shape index (κ3) is 2.68. The summed E-state index contributed by atoms with van der Waals surface area (Å²) in [7, 11) is 0. The van der Waals surface area contributed by atoms with Gasteiger partial charge in [-0.25, -0.2) is 0 Å². The Morgan fingerprint density at radius 3 is 2.55 bits per heavy atom. The van der Waals surface area contributed by atoms with Crippen LogP contribution in [-0.2, 0) is 0 Å².